The summed E-state index contributed by atoms with van der Waals surface area (Å²) in [5, 5.41) is 0.949. The smallest absolute Gasteiger partial charge is 0.201 e. The fourth-order valence-electron chi connectivity index (χ4n) is 1.74. The summed E-state index contributed by atoms with van der Waals surface area (Å²) >= 11 is 6.84. The first kappa shape index (κ1) is 10.5. The average Bonchev–Trinajstić information content (AvgIpc) is 2.97. The second kappa shape index (κ2) is 3.70. The SMILES string of the molecule is O=C(c1cc2cc(Br)cc(Br)c2o1)C1CC1. The summed E-state index contributed by atoms with van der Waals surface area (Å²) in [6, 6.07) is 5.69. The molecule has 4 heteroatoms. The maximum Gasteiger partial charge on any atom is 0.201 e. The van der Waals surface area contributed by atoms with E-state index >= 15 is 0 Å². The van der Waals surface area contributed by atoms with Crippen LogP contribution in [0.25, 0.3) is 11.0 Å². The van der Waals surface area contributed by atoms with Gasteiger partial charge < -0.3 is 4.42 Å². The van der Waals surface area contributed by atoms with E-state index in [0.29, 0.717) is 5.76 Å². The van der Waals surface area contributed by atoms with Crippen molar-refractivity contribution in [3.8, 4) is 0 Å². The van der Waals surface area contributed by atoms with Crippen molar-refractivity contribution in [2.45, 2.75) is 12.8 Å². The number of fused-ring (bicyclic) bond motifs is 1. The van der Waals surface area contributed by atoms with Crippen molar-refractivity contribution in [1.82, 2.24) is 0 Å². The molecule has 0 spiro atoms. The molecule has 0 N–H and O–H groups in total. The molecular formula is C12H8Br2O2. The molecule has 1 aromatic carbocycles. The molecule has 0 unspecified atom stereocenters. The molecule has 1 saturated carbocycles. The molecule has 82 valence electrons. The first-order chi connectivity index (χ1) is 7.65. The number of hydrogen-bond acceptors (Lipinski definition) is 2. The van der Waals surface area contributed by atoms with Crippen LogP contribution in [0.4, 0.5) is 0 Å². The Hall–Kier alpha value is -0.610. The number of carbonyl (C=O) groups is 1. The number of rotatable bonds is 2. The van der Waals surface area contributed by atoms with E-state index in [9.17, 15) is 4.79 Å². The van der Waals surface area contributed by atoms with Crippen molar-refractivity contribution in [3.05, 3.63) is 32.9 Å². The topological polar surface area (TPSA) is 30.2 Å². The third kappa shape index (κ3) is 1.74. The van der Waals surface area contributed by atoms with Crippen molar-refractivity contribution < 1.29 is 9.21 Å². The summed E-state index contributed by atoms with van der Waals surface area (Å²) in [6.07, 6.45) is 2.00. The maximum absolute atomic E-state index is 11.9. The van der Waals surface area contributed by atoms with Crippen LogP contribution in [0, 0.1) is 5.92 Å². The molecule has 0 amide bonds. The number of carbonyl (C=O) groups excluding carboxylic acids is 1. The van der Waals surface area contributed by atoms with Crippen molar-refractivity contribution >= 4 is 48.6 Å². The second-order valence-electron chi connectivity index (χ2n) is 4.06. The van der Waals surface area contributed by atoms with Gasteiger partial charge in [0.15, 0.2) is 5.76 Å². The van der Waals surface area contributed by atoms with Crippen LogP contribution in [0.2, 0.25) is 0 Å². The number of benzene rings is 1. The van der Waals surface area contributed by atoms with E-state index in [0.717, 1.165) is 32.8 Å². The number of furan rings is 1. The van der Waals surface area contributed by atoms with E-state index in [1.807, 2.05) is 18.2 Å². The highest BCUT2D eigenvalue weighted by Gasteiger charge is 2.32. The molecule has 2 aromatic rings. The van der Waals surface area contributed by atoms with Crippen molar-refractivity contribution in [3.63, 3.8) is 0 Å². The highest BCUT2D eigenvalue weighted by Crippen LogP contribution is 2.36. The maximum atomic E-state index is 11.9. The lowest BCUT2D eigenvalue weighted by Crippen LogP contribution is -1.98. The van der Waals surface area contributed by atoms with E-state index in [-0.39, 0.29) is 11.7 Å². The Labute approximate surface area is 109 Å². The Morgan fingerprint density at radius 3 is 2.69 bits per heavy atom. The third-order valence-corrected chi connectivity index (χ3v) is 3.77. The number of ketones is 1. The van der Waals surface area contributed by atoms with E-state index in [1.165, 1.54) is 0 Å². The quantitative estimate of drug-likeness (QED) is 0.749. The molecule has 0 bridgehead atoms. The van der Waals surface area contributed by atoms with Gasteiger partial charge in [0.1, 0.15) is 5.58 Å². The van der Waals surface area contributed by atoms with Gasteiger partial charge in [-0.1, -0.05) is 15.9 Å². The largest absolute Gasteiger partial charge is 0.452 e. The van der Waals surface area contributed by atoms with Gasteiger partial charge in [0.25, 0.3) is 0 Å². The minimum absolute atomic E-state index is 0.138. The van der Waals surface area contributed by atoms with E-state index in [2.05, 4.69) is 31.9 Å². The van der Waals surface area contributed by atoms with Gasteiger partial charge in [0, 0.05) is 15.8 Å². The van der Waals surface area contributed by atoms with Crippen molar-refractivity contribution in [1.29, 1.82) is 0 Å². The fraction of sp³-hybridized carbons (Fsp3) is 0.250. The Balaban J connectivity index is 2.14. The third-order valence-electron chi connectivity index (χ3n) is 2.73. The zero-order valence-corrected chi connectivity index (χ0v) is 11.5. The molecule has 0 atom stereocenters. The highest BCUT2D eigenvalue weighted by atomic mass is 79.9. The molecule has 0 radical (unpaired) electrons. The average molecular weight is 344 g/mol. The lowest BCUT2D eigenvalue weighted by molar-refractivity contribution is 0.0942. The number of Topliss-reactive ketones (excluding diaryl/α,β-unsaturated/α-hetero) is 1. The Morgan fingerprint density at radius 2 is 2.00 bits per heavy atom. The van der Waals surface area contributed by atoms with Crippen LogP contribution >= 0.6 is 31.9 Å². The normalized spacial score (nSPS) is 15.6. The van der Waals surface area contributed by atoms with Crippen LogP contribution in [0.15, 0.2) is 31.6 Å². The van der Waals surface area contributed by atoms with Crippen molar-refractivity contribution in [2.24, 2.45) is 5.92 Å². The molecular weight excluding hydrogens is 336 g/mol. The van der Waals surface area contributed by atoms with Crippen LogP contribution in [-0.2, 0) is 0 Å². The zero-order valence-electron chi connectivity index (χ0n) is 8.30. The predicted molar refractivity (Wildman–Crippen MR) is 68.7 cm³/mol. The van der Waals surface area contributed by atoms with Gasteiger partial charge in [0.05, 0.1) is 4.47 Å². The first-order valence-electron chi connectivity index (χ1n) is 5.08. The molecule has 3 rings (SSSR count). The molecule has 16 heavy (non-hydrogen) atoms. The second-order valence-corrected chi connectivity index (χ2v) is 5.83. The lowest BCUT2D eigenvalue weighted by Gasteiger charge is -1.94. The zero-order chi connectivity index (χ0) is 11.3. The molecule has 1 fully saturated rings. The Bertz CT molecular complexity index is 582. The molecule has 2 nitrogen and oxygen atoms in total. The molecule has 1 aromatic heterocycles. The Kier molecular flexibility index (Phi) is 2.44. The van der Waals surface area contributed by atoms with Crippen LogP contribution in [0.1, 0.15) is 23.4 Å². The van der Waals surface area contributed by atoms with Crippen LogP contribution in [0.5, 0.6) is 0 Å². The van der Waals surface area contributed by atoms with Crippen LogP contribution < -0.4 is 0 Å². The molecule has 1 aliphatic rings. The summed E-state index contributed by atoms with van der Waals surface area (Å²) in [4.78, 5) is 11.9. The van der Waals surface area contributed by atoms with Crippen molar-refractivity contribution in [2.75, 3.05) is 0 Å². The highest BCUT2D eigenvalue weighted by molar-refractivity contribution is 9.11. The number of hydrogen-bond donors (Lipinski definition) is 0. The summed E-state index contributed by atoms with van der Waals surface area (Å²) in [6.45, 7) is 0. The van der Waals surface area contributed by atoms with Gasteiger partial charge in [-0.25, -0.2) is 0 Å². The minimum Gasteiger partial charge on any atom is -0.452 e. The fourth-order valence-corrected chi connectivity index (χ4v) is 3.08. The predicted octanol–water partition coefficient (Wildman–Crippen LogP) is 4.55. The minimum atomic E-state index is 0.138. The summed E-state index contributed by atoms with van der Waals surface area (Å²) in [7, 11) is 0. The summed E-state index contributed by atoms with van der Waals surface area (Å²) in [5.41, 5.74) is 0.743. The number of halogens is 2. The Morgan fingerprint density at radius 1 is 1.25 bits per heavy atom. The molecule has 1 heterocycles. The van der Waals surface area contributed by atoms with E-state index in [4.69, 9.17) is 4.42 Å². The van der Waals surface area contributed by atoms with Gasteiger partial charge in [-0.3, -0.25) is 4.79 Å². The molecule has 0 aliphatic heterocycles. The monoisotopic (exact) mass is 342 g/mol. The van der Waals surface area contributed by atoms with Gasteiger partial charge in [-0.15, -0.1) is 0 Å². The van der Waals surface area contributed by atoms with E-state index < -0.39 is 0 Å². The van der Waals surface area contributed by atoms with Gasteiger partial charge in [-0.05, 0) is 47.0 Å². The van der Waals surface area contributed by atoms with Crippen LogP contribution in [0.3, 0.4) is 0 Å². The van der Waals surface area contributed by atoms with Crippen LogP contribution in [-0.4, -0.2) is 5.78 Å². The standard InChI is InChI=1S/C12H8Br2O2/c13-8-3-7-4-10(11(15)6-1-2-6)16-12(7)9(14)5-8/h3-6H,1-2H2. The molecule has 1 aliphatic carbocycles. The van der Waals surface area contributed by atoms with Gasteiger partial charge in [0.2, 0.25) is 5.78 Å². The van der Waals surface area contributed by atoms with Gasteiger partial charge in [-0.2, -0.15) is 0 Å². The molecule has 0 saturated heterocycles. The van der Waals surface area contributed by atoms with Gasteiger partial charge >= 0.3 is 0 Å². The summed E-state index contributed by atoms with van der Waals surface area (Å²) < 4.78 is 7.44. The lowest BCUT2D eigenvalue weighted by atomic mass is 10.2. The summed E-state index contributed by atoms with van der Waals surface area (Å²) in [5.74, 6) is 0.818. The first-order valence-corrected chi connectivity index (χ1v) is 6.66. The van der Waals surface area contributed by atoms with E-state index in [1.54, 1.807) is 0 Å².